The molecule has 1 unspecified atom stereocenters. The first-order valence-electron chi connectivity index (χ1n) is 8.31. The third-order valence-corrected chi connectivity index (χ3v) is 5.33. The van der Waals surface area contributed by atoms with Crippen molar-refractivity contribution in [2.45, 2.75) is 11.4 Å². The second kappa shape index (κ2) is 8.66. The van der Waals surface area contributed by atoms with E-state index in [1.165, 1.54) is 12.3 Å². The second-order valence-corrected chi connectivity index (χ2v) is 8.12. The number of anilines is 3. The van der Waals surface area contributed by atoms with Crippen molar-refractivity contribution in [3.8, 4) is 5.75 Å². The molecule has 3 rings (SSSR count). The molecular weight excluding hydrogens is 418 g/mol. The molecule has 29 heavy (non-hydrogen) atoms. The van der Waals surface area contributed by atoms with Crippen LogP contribution in [0.5, 0.6) is 5.75 Å². The van der Waals surface area contributed by atoms with Gasteiger partial charge in [0, 0.05) is 18.8 Å². The molecular formula is C18H19N3O6S2. The van der Waals surface area contributed by atoms with Crippen LogP contribution in [0, 0.1) is 0 Å². The molecule has 1 heterocycles. The minimum atomic E-state index is -4.17. The van der Waals surface area contributed by atoms with Crippen molar-refractivity contribution >= 4 is 38.4 Å². The molecule has 2 aromatic carbocycles. The van der Waals surface area contributed by atoms with Crippen molar-refractivity contribution in [1.29, 1.82) is 0 Å². The summed E-state index contributed by atoms with van der Waals surface area (Å²) >= 11 is -2.67. The molecule has 0 aliphatic heterocycles. The smallest absolute Gasteiger partial charge is 0.357 e. The normalized spacial score (nSPS) is 12.4. The number of benzene rings is 2. The zero-order valence-corrected chi connectivity index (χ0v) is 16.9. The van der Waals surface area contributed by atoms with Gasteiger partial charge in [-0.1, -0.05) is 18.2 Å². The van der Waals surface area contributed by atoms with Crippen LogP contribution in [0.25, 0.3) is 0 Å². The summed E-state index contributed by atoms with van der Waals surface area (Å²) in [4.78, 5) is 1.38. The van der Waals surface area contributed by atoms with Gasteiger partial charge in [0.2, 0.25) is 10.0 Å². The summed E-state index contributed by atoms with van der Waals surface area (Å²) in [6.45, 7) is 0.241. The van der Waals surface area contributed by atoms with Crippen molar-refractivity contribution in [3.63, 3.8) is 0 Å². The van der Waals surface area contributed by atoms with E-state index in [4.69, 9.17) is 18.3 Å². The Labute approximate surface area is 170 Å². The number of nitrogens with one attached hydrogen (secondary N) is 1. The van der Waals surface area contributed by atoms with Gasteiger partial charge in [-0.2, -0.15) is 4.21 Å². The van der Waals surface area contributed by atoms with E-state index < -0.39 is 21.4 Å². The number of rotatable bonds is 8. The van der Waals surface area contributed by atoms with Crippen molar-refractivity contribution in [2.75, 3.05) is 17.3 Å². The van der Waals surface area contributed by atoms with Gasteiger partial charge in [-0.25, -0.2) is 13.6 Å². The molecule has 1 atom stereocenters. The number of nitrogens with zero attached hydrogens (tertiary/aromatic N) is 1. The number of nitrogens with two attached hydrogens (primary N) is 1. The van der Waals surface area contributed by atoms with E-state index in [9.17, 15) is 12.6 Å². The fourth-order valence-corrected chi connectivity index (χ4v) is 3.76. The maximum Gasteiger partial charge on any atom is 0.357 e. The van der Waals surface area contributed by atoms with E-state index >= 15 is 0 Å². The van der Waals surface area contributed by atoms with Gasteiger partial charge in [-0.15, -0.1) is 0 Å². The summed E-state index contributed by atoms with van der Waals surface area (Å²) in [5.41, 5.74) is 1.26. The van der Waals surface area contributed by atoms with E-state index in [0.29, 0.717) is 11.4 Å². The Kier molecular flexibility index (Phi) is 6.23. The standard InChI is InChI=1S/C18H19N3O6S2/c1-21(13-6-3-2-4-7-13)16-10-15(20-12-14-8-5-9-26-14)17(27-28(22)23)11-18(16)29(19,24)25/h2-11,20H,12H2,1H3,(H,22,23)(H2,19,24,25). The molecule has 0 aliphatic rings. The van der Waals surface area contributed by atoms with Gasteiger partial charge in [-0.3, -0.25) is 4.55 Å². The number of hydrogen-bond donors (Lipinski definition) is 3. The van der Waals surface area contributed by atoms with E-state index in [1.54, 1.807) is 36.2 Å². The molecule has 9 nitrogen and oxygen atoms in total. The average molecular weight is 437 g/mol. The van der Waals surface area contributed by atoms with Gasteiger partial charge in [0.25, 0.3) is 0 Å². The zero-order valence-electron chi connectivity index (χ0n) is 15.3. The minimum Gasteiger partial charge on any atom is -0.467 e. The summed E-state index contributed by atoms with van der Waals surface area (Å²) in [6.07, 6.45) is 1.51. The van der Waals surface area contributed by atoms with Crippen LogP contribution in [0.15, 0.2) is 70.2 Å². The molecule has 0 amide bonds. The Morgan fingerprint density at radius 3 is 2.52 bits per heavy atom. The number of hydrogen-bond acceptors (Lipinski definition) is 7. The van der Waals surface area contributed by atoms with Crippen molar-refractivity contribution < 1.29 is 25.8 Å². The van der Waals surface area contributed by atoms with Gasteiger partial charge >= 0.3 is 11.4 Å². The second-order valence-electron chi connectivity index (χ2n) is 5.99. The van der Waals surface area contributed by atoms with Crippen LogP contribution in [0.3, 0.4) is 0 Å². The van der Waals surface area contributed by atoms with E-state index in [0.717, 1.165) is 6.07 Å². The molecule has 1 aromatic heterocycles. The zero-order chi connectivity index (χ0) is 21.0. The highest BCUT2D eigenvalue weighted by molar-refractivity contribution is 7.89. The highest BCUT2D eigenvalue weighted by atomic mass is 32.2. The third kappa shape index (κ3) is 5.15. The summed E-state index contributed by atoms with van der Waals surface area (Å²) in [6, 6.07) is 15.1. The molecule has 11 heteroatoms. The molecule has 3 aromatic rings. The number of para-hydroxylation sites is 1. The molecule has 154 valence electrons. The van der Waals surface area contributed by atoms with Gasteiger partial charge in [0.05, 0.1) is 24.2 Å². The Morgan fingerprint density at radius 2 is 1.93 bits per heavy atom. The van der Waals surface area contributed by atoms with Crippen LogP contribution in [-0.4, -0.2) is 24.2 Å². The average Bonchev–Trinajstić information content (AvgIpc) is 3.19. The molecule has 0 bridgehead atoms. The van der Waals surface area contributed by atoms with Crippen molar-refractivity contribution in [2.24, 2.45) is 5.14 Å². The summed E-state index contributed by atoms with van der Waals surface area (Å²) in [5.74, 6) is 0.459. The monoisotopic (exact) mass is 437 g/mol. The first kappa shape index (κ1) is 20.9. The summed E-state index contributed by atoms with van der Waals surface area (Å²) in [5, 5.41) is 8.41. The number of furan rings is 1. The summed E-state index contributed by atoms with van der Waals surface area (Å²) < 4.78 is 54.9. The van der Waals surface area contributed by atoms with Crippen LogP contribution in [0.2, 0.25) is 0 Å². The molecule has 0 fully saturated rings. The first-order valence-corrected chi connectivity index (χ1v) is 10.9. The highest BCUT2D eigenvalue weighted by Gasteiger charge is 2.23. The van der Waals surface area contributed by atoms with Gasteiger partial charge in [0.1, 0.15) is 10.7 Å². The van der Waals surface area contributed by atoms with E-state index in [-0.39, 0.29) is 28.6 Å². The van der Waals surface area contributed by atoms with Crippen molar-refractivity contribution in [3.05, 3.63) is 66.6 Å². The Hall–Kier alpha value is -2.86. The molecule has 0 radical (unpaired) electrons. The van der Waals surface area contributed by atoms with E-state index in [2.05, 4.69) is 5.32 Å². The number of primary sulfonamides is 1. The molecule has 0 aliphatic carbocycles. The van der Waals surface area contributed by atoms with Crippen molar-refractivity contribution in [1.82, 2.24) is 0 Å². The predicted octanol–water partition coefficient (Wildman–Crippen LogP) is 2.82. The van der Waals surface area contributed by atoms with Crippen LogP contribution in [-0.2, 0) is 27.9 Å². The first-order chi connectivity index (χ1) is 13.8. The Bertz CT molecular complexity index is 1100. The predicted molar refractivity (Wildman–Crippen MR) is 110 cm³/mol. The van der Waals surface area contributed by atoms with Gasteiger partial charge < -0.3 is 18.8 Å². The maximum atomic E-state index is 12.2. The molecule has 0 saturated carbocycles. The third-order valence-electron chi connectivity index (χ3n) is 4.07. The summed E-state index contributed by atoms with van der Waals surface area (Å²) in [7, 11) is -2.49. The number of sulfonamides is 1. The maximum absolute atomic E-state index is 12.2. The quantitative estimate of drug-likeness (QED) is 0.458. The van der Waals surface area contributed by atoms with Crippen LogP contribution >= 0.6 is 0 Å². The SMILES string of the molecule is CN(c1ccccc1)c1cc(NCc2ccco2)c(OS(=O)O)cc1S(N)(=O)=O. The minimum absolute atomic E-state index is 0.147. The molecule has 0 saturated heterocycles. The Balaban J connectivity index is 2.11. The van der Waals surface area contributed by atoms with Gasteiger partial charge in [-0.05, 0) is 30.3 Å². The lowest BCUT2D eigenvalue weighted by Crippen LogP contribution is -2.19. The lowest BCUT2D eigenvalue weighted by atomic mass is 10.2. The van der Waals surface area contributed by atoms with Gasteiger partial charge in [0.15, 0.2) is 5.75 Å². The topological polar surface area (TPSA) is 135 Å². The fourth-order valence-electron chi connectivity index (χ4n) is 2.71. The fraction of sp³-hybridized carbons (Fsp3) is 0.111. The lowest BCUT2D eigenvalue weighted by Gasteiger charge is -2.24. The molecule has 0 spiro atoms. The highest BCUT2D eigenvalue weighted by Crippen LogP contribution is 2.38. The van der Waals surface area contributed by atoms with Crippen LogP contribution < -0.4 is 19.5 Å². The lowest BCUT2D eigenvalue weighted by molar-refractivity contribution is 0.457. The largest absolute Gasteiger partial charge is 0.467 e. The van der Waals surface area contributed by atoms with Crippen LogP contribution in [0.1, 0.15) is 5.76 Å². The van der Waals surface area contributed by atoms with E-state index in [1.807, 2.05) is 18.2 Å². The van der Waals surface area contributed by atoms with Crippen LogP contribution in [0.4, 0.5) is 17.1 Å². The Morgan fingerprint density at radius 1 is 1.21 bits per heavy atom. The molecule has 4 N–H and O–H groups in total.